The lowest BCUT2D eigenvalue weighted by Crippen LogP contribution is -2.18. The normalized spacial score (nSPS) is 25.5. The van der Waals surface area contributed by atoms with Gasteiger partial charge >= 0.3 is 0 Å². The van der Waals surface area contributed by atoms with Crippen molar-refractivity contribution in [2.75, 3.05) is 0 Å². The summed E-state index contributed by atoms with van der Waals surface area (Å²) in [6.45, 7) is 0. The highest BCUT2D eigenvalue weighted by Gasteiger charge is 2.30. The quantitative estimate of drug-likeness (QED) is 0.718. The van der Waals surface area contributed by atoms with Gasteiger partial charge in [-0.05, 0) is 56.4 Å². The lowest BCUT2D eigenvalue weighted by atomic mass is 9.86. The topological polar surface area (TPSA) is 74.6 Å². The first-order valence-corrected chi connectivity index (χ1v) is 7.34. The summed E-state index contributed by atoms with van der Waals surface area (Å²) in [5.74, 6) is -0.0450. The Bertz CT molecular complexity index is 577. The highest BCUT2D eigenvalue weighted by atomic mass is 16.3. The molecule has 0 saturated carbocycles. The van der Waals surface area contributed by atoms with Gasteiger partial charge in [-0.3, -0.25) is 9.59 Å². The van der Waals surface area contributed by atoms with Gasteiger partial charge in [-0.25, -0.2) is 0 Å². The number of fused-ring (bicyclic) bond motifs is 3. The van der Waals surface area contributed by atoms with E-state index < -0.39 is 0 Å². The molecular formula is C17H18O4. The molecule has 4 heteroatoms. The highest BCUT2D eigenvalue weighted by molar-refractivity contribution is 6.02. The molecule has 0 radical (unpaired) electrons. The molecule has 0 aromatic heterocycles. The number of aromatic hydroxyl groups is 2. The molecule has 0 spiro atoms. The summed E-state index contributed by atoms with van der Waals surface area (Å²) in [6.07, 6.45) is 5.64. The fraction of sp³-hybridized carbons (Fsp3) is 0.412. The SMILES string of the molecule is O=C1C=CC(=O)C2CCc3c(O)ccc(O)c3CCC1C2. The third-order valence-electron chi connectivity index (χ3n) is 4.65. The number of rotatable bonds is 0. The summed E-state index contributed by atoms with van der Waals surface area (Å²) in [7, 11) is 0. The predicted octanol–water partition coefficient (Wildman–Crippen LogP) is 2.31. The highest BCUT2D eigenvalue weighted by Crippen LogP contribution is 2.36. The molecule has 0 fully saturated rings. The van der Waals surface area contributed by atoms with Crippen molar-refractivity contribution in [2.45, 2.75) is 32.1 Å². The van der Waals surface area contributed by atoms with Gasteiger partial charge in [-0.15, -0.1) is 0 Å². The fourth-order valence-electron chi connectivity index (χ4n) is 3.40. The molecule has 2 aliphatic rings. The van der Waals surface area contributed by atoms with Crippen LogP contribution in [0.4, 0.5) is 0 Å². The van der Waals surface area contributed by atoms with Gasteiger partial charge in [0.05, 0.1) is 0 Å². The molecule has 0 heterocycles. The van der Waals surface area contributed by atoms with Gasteiger partial charge in [0, 0.05) is 23.0 Å². The molecule has 2 N–H and O–H groups in total. The van der Waals surface area contributed by atoms with Crippen LogP contribution in [0, 0.1) is 11.8 Å². The zero-order chi connectivity index (χ0) is 15.0. The van der Waals surface area contributed by atoms with Crippen LogP contribution in [-0.4, -0.2) is 21.8 Å². The Kier molecular flexibility index (Phi) is 3.53. The molecule has 3 rings (SSSR count). The van der Waals surface area contributed by atoms with Crippen LogP contribution in [0.3, 0.4) is 0 Å². The summed E-state index contributed by atoms with van der Waals surface area (Å²) in [6, 6.07) is 2.97. The van der Waals surface area contributed by atoms with Crippen LogP contribution >= 0.6 is 0 Å². The van der Waals surface area contributed by atoms with Gasteiger partial charge in [0.1, 0.15) is 11.5 Å². The van der Waals surface area contributed by atoms with E-state index in [1.54, 1.807) is 0 Å². The smallest absolute Gasteiger partial charge is 0.158 e. The van der Waals surface area contributed by atoms with Gasteiger partial charge in [0.15, 0.2) is 11.6 Å². The minimum absolute atomic E-state index is 0.00561. The Morgan fingerprint density at radius 3 is 1.67 bits per heavy atom. The van der Waals surface area contributed by atoms with Crippen molar-refractivity contribution in [1.82, 2.24) is 0 Å². The van der Waals surface area contributed by atoms with Crippen LogP contribution in [0.5, 0.6) is 11.5 Å². The Morgan fingerprint density at radius 2 is 1.24 bits per heavy atom. The second-order valence-corrected chi connectivity index (χ2v) is 5.91. The van der Waals surface area contributed by atoms with Crippen LogP contribution in [0.1, 0.15) is 30.4 Å². The molecule has 21 heavy (non-hydrogen) atoms. The van der Waals surface area contributed by atoms with Crippen LogP contribution < -0.4 is 0 Å². The molecule has 110 valence electrons. The average molecular weight is 286 g/mol. The summed E-state index contributed by atoms with van der Waals surface area (Å²) in [4.78, 5) is 24.1. The van der Waals surface area contributed by atoms with Crippen molar-refractivity contribution in [3.8, 4) is 11.5 Å². The fourth-order valence-corrected chi connectivity index (χ4v) is 3.40. The van der Waals surface area contributed by atoms with Crippen molar-refractivity contribution in [2.24, 2.45) is 11.8 Å². The van der Waals surface area contributed by atoms with E-state index in [-0.39, 0.29) is 34.9 Å². The number of carbonyl (C=O) groups excluding carboxylic acids is 2. The molecule has 2 atom stereocenters. The van der Waals surface area contributed by atoms with E-state index in [1.165, 1.54) is 24.3 Å². The monoisotopic (exact) mass is 286 g/mol. The van der Waals surface area contributed by atoms with Gasteiger partial charge in [0.2, 0.25) is 0 Å². The summed E-state index contributed by atoms with van der Waals surface area (Å²) >= 11 is 0. The molecular weight excluding hydrogens is 268 g/mol. The van der Waals surface area contributed by atoms with E-state index >= 15 is 0 Å². The van der Waals surface area contributed by atoms with E-state index in [1.807, 2.05) is 0 Å². The minimum atomic E-state index is -0.176. The molecule has 2 unspecified atom stereocenters. The largest absolute Gasteiger partial charge is 0.508 e. The standard InChI is InChI=1S/C17H18O4/c18-14-5-6-15(19)11-2-4-13-12(3-1-10(14)9-11)16(20)7-8-17(13)21/h5-8,10-11,20-21H,1-4,9H2. The molecule has 0 aliphatic heterocycles. The number of hydrogen-bond donors (Lipinski definition) is 2. The number of ketones is 2. The van der Waals surface area contributed by atoms with E-state index in [0.29, 0.717) is 43.2 Å². The first-order valence-electron chi connectivity index (χ1n) is 7.34. The van der Waals surface area contributed by atoms with Gasteiger partial charge < -0.3 is 10.2 Å². The number of carbonyl (C=O) groups is 2. The predicted molar refractivity (Wildman–Crippen MR) is 77.2 cm³/mol. The molecule has 4 nitrogen and oxygen atoms in total. The maximum Gasteiger partial charge on any atom is 0.158 e. The van der Waals surface area contributed by atoms with Crippen molar-refractivity contribution in [1.29, 1.82) is 0 Å². The molecule has 0 saturated heterocycles. The van der Waals surface area contributed by atoms with E-state index in [2.05, 4.69) is 0 Å². The average Bonchev–Trinajstić information content (AvgIpc) is 2.55. The number of hydrogen-bond acceptors (Lipinski definition) is 4. The zero-order valence-corrected chi connectivity index (χ0v) is 11.7. The Morgan fingerprint density at radius 1 is 0.810 bits per heavy atom. The number of allylic oxidation sites excluding steroid dienone is 2. The molecule has 1 aromatic rings. The number of phenols is 2. The van der Waals surface area contributed by atoms with Crippen LogP contribution in [-0.2, 0) is 22.4 Å². The van der Waals surface area contributed by atoms with E-state index in [0.717, 1.165) is 0 Å². The maximum atomic E-state index is 12.1. The van der Waals surface area contributed by atoms with E-state index in [4.69, 9.17) is 0 Å². The van der Waals surface area contributed by atoms with Crippen LogP contribution in [0.25, 0.3) is 0 Å². The minimum Gasteiger partial charge on any atom is -0.508 e. The first-order chi connectivity index (χ1) is 10.1. The molecule has 1 aromatic carbocycles. The van der Waals surface area contributed by atoms with Crippen molar-refractivity contribution < 1.29 is 19.8 Å². The van der Waals surface area contributed by atoms with Gasteiger partial charge in [-0.2, -0.15) is 0 Å². The van der Waals surface area contributed by atoms with Gasteiger partial charge in [0.25, 0.3) is 0 Å². The maximum absolute atomic E-state index is 12.1. The molecule has 0 amide bonds. The van der Waals surface area contributed by atoms with E-state index in [9.17, 15) is 19.8 Å². The lowest BCUT2D eigenvalue weighted by Gasteiger charge is -2.16. The third-order valence-corrected chi connectivity index (χ3v) is 4.65. The summed E-state index contributed by atoms with van der Waals surface area (Å²) < 4.78 is 0. The molecule has 2 bridgehead atoms. The van der Waals surface area contributed by atoms with Crippen molar-refractivity contribution in [3.05, 3.63) is 35.4 Å². The Hall–Kier alpha value is -2.10. The summed E-state index contributed by atoms with van der Waals surface area (Å²) in [5.41, 5.74) is 1.43. The Balaban J connectivity index is 2.01. The third kappa shape index (κ3) is 2.58. The van der Waals surface area contributed by atoms with Crippen molar-refractivity contribution >= 4 is 11.6 Å². The van der Waals surface area contributed by atoms with Crippen LogP contribution in [0.15, 0.2) is 24.3 Å². The molecule has 2 aliphatic carbocycles. The Labute approximate surface area is 123 Å². The van der Waals surface area contributed by atoms with Crippen molar-refractivity contribution in [3.63, 3.8) is 0 Å². The zero-order valence-electron chi connectivity index (χ0n) is 11.7. The lowest BCUT2D eigenvalue weighted by molar-refractivity contribution is -0.120. The second kappa shape index (κ2) is 5.35. The second-order valence-electron chi connectivity index (χ2n) is 5.91. The van der Waals surface area contributed by atoms with Gasteiger partial charge in [-0.1, -0.05) is 0 Å². The first kappa shape index (κ1) is 13.9. The number of benzene rings is 1. The number of phenolic OH excluding ortho intramolecular Hbond substituents is 2. The van der Waals surface area contributed by atoms with Crippen LogP contribution in [0.2, 0.25) is 0 Å². The summed E-state index contributed by atoms with van der Waals surface area (Å²) in [5, 5.41) is 20.1.